The second kappa shape index (κ2) is 8.85. The standard InChI is InChI=1S/C21H25N5O3/c1-13(20(27)25-16-7-5-15(6-8-16)19(23)24)18-21(28)26(9-10-29-18)17-4-2-3-14(11-17)12-22/h2-8,11,13,18H,9-10,12,22H2,1H3,(H3,23,24)(H,25,27)/t13-,18-/m1/s1. The number of rotatable bonds is 6. The van der Waals surface area contributed by atoms with Gasteiger partial charge in [-0.15, -0.1) is 0 Å². The van der Waals surface area contributed by atoms with Gasteiger partial charge in [-0.2, -0.15) is 0 Å². The monoisotopic (exact) mass is 395 g/mol. The molecule has 1 saturated heterocycles. The molecule has 0 spiro atoms. The Morgan fingerprint density at radius 3 is 2.69 bits per heavy atom. The summed E-state index contributed by atoms with van der Waals surface area (Å²) in [5.41, 5.74) is 13.9. The molecule has 0 aromatic heterocycles. The highest BCUT2D eigenvalue weighted by molar-refractivity contribution is 6.03. The van der Waals surface area contributed by atoms with Gasteiger partial charge in [0.1, 0.15) is 11.9 Å². The first-order chi connectivity index (χ1) is 13.9. The summed E-state index contributed by atoms with van der Waals surface area (Å²) in [7, 11) is 0. The fourth-order valence-electron chi connectivity index (χ4n) is 3.20. The summed E-state index contributed by atoms with van der Waals surface area (Å²) in [6.07, 6.45) is -0.873. The quantitative estimate of drug-likeness (QED) is 0.434. The Kier molecular flexibility index (Phi) is 6.26. The fraction of sp³-hybridized carbons (Fsp3) is 0.286. The normalized spacial score (nSPS) is 17.7. The van der Waals surface area contributed by atoms with Crippen LogP contribution in [0.25, 0.3) is 0 Å². The van der Waals surface area contributed by atoms with Crippen LogP contribution in [0.4, 0.5) is 11.4 Å². The van der Waals surface area contributed by atoms with Crippen molar-refractivity contribution in [2.24, 2.45) is 17.4 Å². The number of amides is 2. The molecule has 2 atom stereocenters. The Morgan fingerprint density at radius 2 is 2.03 bits per heavy atom. The zero-order chi connectivity index (χ0) is 21.0. The molecule has 1 fully saturated rings. The van der Waals surface area contributed by atoms with Crippen LogP contribution < -0.4 is 21.7 Å². The molecule has 2 aromatic rings. The molecule has 1 aliphatic rings. The third-order valence-electron chi connectivity index (χ3n) is 4.91. The van der Waals surface area contributed by atoms with Crippen LogP contribution >= 0.6 is 0 Å². The van der Waals surface area contributed by atoms with E-state index in [9.17, 15) is 9.59 Å². The molecule has 2 amide bonds. The minimum atomic E-state index is -0.873. The van der Waals surface area contributed by atoms with Crippen molar-refractivity contribution in [2.75, 3.05) is 23.4 Å². The number of nitrogens with zero attached hydrogens (tertiary/aromatic N) is 1. The molecule has 0 aliphatic carbocycles. The van der Waals surface area contributed by atoms with E-state index in [0.29, 0.717) is 30.9 Å². The Balaban J connectivity index is 1.70. The van der Waals surface area contributed by atoms with E-state index in [-0.39, 0.29) is 17.6 Å². The first kappa shape index (κ1) is 20.5. The van der Waals surface area contributed by atoms with Crippen molar-refractivity contribution < 1.29 is 14.3 Å². The zero-order valence-electron chi connectivity index (χ0n) is 16.2. The summed E-state index contributed by atoms with van der Waals surface area (Å²) >= 11 is 0. The van der Waals surface area contributed by atoms with Crippen molar-refractivity contribution in [3.63, 3.8) is 0 Å². The maximum absolute atomic E-state index is 13.0. The van der Waals surface area contributed by atoms with E-state index in [4.69, 9.17) is 21.6 Å². The first-order valence-electron chi connectivity index (χ1n) is 9.38. The van der Waals surface area contributed by atoms with Gasteiger partial charge in [0.2, 0.25) is 5.91 Å². The molecular weight excluding hydrogens is 370 g/mol. The summed E-state index contributed by atoms with van der Waals surface area (Å²) in [5, 5.41) is 10.2. The predicted octanol–water partition coefficient (Wildman–Crippen LogP) is 1.44. The maximum atomic E-state index is 13.0. The lowest BCUT2D eigenvalue weighted by molar-refractivity contribution is -0.143. The molecule has 0 saturated carbocycles. The van der Waals surface area contributed by atoms with E-state index in [2.05, 4.69) is 5.32 Å². The molecule has 152 valence electrons. The number of morpholine rings is 1. The highest BCUT2D eigenvalue weighted by Crippen LogP contribution is 2.24. The third-order valence-corrected chi connectivity index (χ3v) is 4.91. The van der Waals surface area contributed by atoms with E-state index < -0.39 is 12.0 Å². The smallest absolute Gasteiger partial charge is 0.257 e. The lowest BCUT2D eigenvalue weighted by atomic mass is 10.0. The lowest BCUT2D eigenvalue weighted by Gasteiger charge is -2.34. The molecule has 8 nitrogen and oxygen atoms in total. The topological polar surface area (TPSA) is 135 Å². The van der Waals surface area contributed by atoms with Crippen molar-refractivity contribution >= 4 is 29.0 Å². The van der Waals surface area contributed by atoms with Crippen LogP contribution in [0, 0.1) is 11.3 Å². The summed E-state index contributed by atoms with van der Waals surface area (Å²) in [6.45, 7) is 2.82. The van der Waals surface area contributed by atoms with Crippen LogP contribution in [-0.2, 0) is 20.9 Å². The fourth-order valence-corrected chi connectivity index (χ4v) is 3.20. The minimum absolute atomic E-state index is 0.0451. The molecule has 2 aromatic carbocycles. The zero-order valence-corrected chi connectivity index (χ0v) is 16.2. The first-order valence-corrected chi connectivity index (χ1v) is 9.38. The summed E-state index contributed by atoms with van der Waals surface area (Å²) in [6, 6.07) is 14.1. The molecule has 0 bridgehead atoms. The van der Waals surface area contributed by atoms with Crippen molar-refractivity contribution in [3.05, 3.63) is 59.7 Å². The van der Waals surface area contributed by atoms with Crippen LogP contribution in [-0.4, -0.2) is 36.9 Å². The number of benzene rings is 2. The van der Waals surface area contributed by atoms with Gasteiger partial charge in [0.15, 0.2) is 0 Å². The summed E-state index contributed by atoms with van der Waals surface area (Å²) in [4.78, 5) is 27.3. The number of carbonyl (C=O) groups is 2. The van der Waals surface area contributed by atoms with Crippen molar-refractivity contribution in [1.29, 1.82) is 5.41 Å². The van der Waals surface area contributed by atoms with Gasteiger partial charge >= 0.3 is 0 Å². The molecule has 0 unspecified atom stereocenters. The molecule has 0 radical (unpaired) electrons. The Bertz CT molecular complexity index is 913. The van der Waals surface area contributed by atoms with E-state index in [1.165, 1.54) is 0 Å². The lowest BCUT2D eigenvalue weighted by Crippen LogP contribution is -2.52. The number of nitrogens with one attached hydrogen (secondary N) is 2. The molecule has 8 heteroatoms. The summed E-state index contributed by atoms with van der Waals surface area (Å²) < 4.78 is 5.65. The van der Waals surface area contributed by atoms with Gasteiger partial charge in [0, 0.05) is 30.0 Å². The molecule has 29 heavy (non-hydrogen) atoms. The Morgan fingerprint density at radius 1 is 1.31 bits per heavy atom. The number of hydrogen-bond acceptors (Lipinski definition) is 5. The van der Waals surface area contributed by atoms with Gasteiger partial charge < -0.3 is 26.4 Å². The van der Waals surface area contributed by atoms with Gasteiger partial charge in [-0.25, -0.2) is 0 Å². The molecule has 1 heterocycles. The number of anilines is 2. The van der Waals surface area contributed by atoms with Crippen LogP contribution in [0.15, 0.2) is 48.5 Å². The molecule has 3 rings (SSSR count). The van der Waals surface area contributed by atoms with Crippen molar-refractivity contribution in [3.8, 4) is 0 Å². The van der Waals surface area contributed by atoms with Crippen LogP contribution in [0.3, 0.4) is 0 Å². The van der Waals surface area contributed by atoms with Crippen molar-refractivity contribution in [1.82, 2.24) is 0 Å². The second-order valence-electron chi connectivity index (χ2n) is 6.92. The van der Waals surface area contributed by atoms with Gasteiger partial charge in [-0.3, -0.25) is 15.0 Å². The number of hydrogen-bond donors (Lipinski definition) is 4. The number of nitrogen functional groups attached to an aromatic ring is 1. The van der Waals surface area contributed by atoms with Gasteiger partial charge in [0.05, 0.1) is 12.5 Å². The predicted molar refractivity (Wildman–Crippen MR) is 112 cm³/mol. The van der Waals surface area contributed by atoms with Crippen molar-refractivity contribution in [2.45, 2.75) is 19.6 Å². The van der Waals surface area contributed by atoms with Crippen LogP contribution in [0.5, 0.6) is 0 Å². The molecular formula is C21H25N5O3. The average molecular weight is 395 g/mol. The maximum Gasteiger partial charge on any atom is 0.257 e. The number of carbonyl (C=O) groups excluding carboxylic acids is 2. The van der Waals surface area contributed by atoms with Crippen LogP contribution in [0.2, 0.25) is 0 Å². The van der Waals surface area contributed by atoms with Gasteiger partial charge in [-0.1, -0.05) is 19.1 Å². The number of amidine groups is 1. The SMILES string of the molecule is C[C@@H](C(=O)Nc1ccc(C(=N)N)cc1)[C@H]1OCCN(c2cccc(CN)c2)C1=O. The van der Waals surface area contributed by atoms with E-state index in [1.54, 1.807) is 36.1 Å². The average Bonchev–Trinajstić information content (AvgIpc) is 2.73. The summed E-state index contributed by atoms with van der Waals surface area (Å²) in [5.74, 6) is -1.30. The Hall–Kier alpha value is -3.23. The molecule has 6 N–H and O–H groups in total. The second-order valence-corrected chi connectivity index (χ2v) is 6.92. The van der Waals surface area contributed by atoms with Gasteiger partial charge in [0.25, 0.3) is 5.91 Å². The highest BCUT2D eigenvalue weighted by Gasteiger charge is 2.37. The highest BCUT2D eigenvalue weighted by atomic mass is 16.5. The van der Waals surface area contributed by atoms with Crippen LogP contribution in [0.1, 0.15) is 18.1 Å². The van der Waals surface area contributed by atoms with E-state index >= 15 is 0 Å². The van der Waals surface area contributed by atoms with Gasteiger partial charge in [-0.05, 0) is 42.0 Å². The minimum Gasteiger partial charge on any atom is -0.384 e. The van der Waals surface area contributed by atoms with E-state index in [1.807, 2.05) is 24.3 Å². The number of ether oxygens (including phenoxy) is 1. The third kappa shape index (κ3) is 4.61. The largest absolute Gasteiger partial charge is 0.384 e. The van der Waals surface area contributed by atoms with E-state index in [0.717, 1.165) is 11.3 Å². The number of nitrogens with two attached hydrogens (primary N) is 2. The Labute approximate surface area is 169 Å². The molecule has 1 aliphatic heterocycles.